The average Bonchev–Trinajstić information content (AvgIpc) is 2.71. The van der Waals surface area contributed by atoms with Crippen molar-refractivity contribution in [2.45, 2.75) is 24.6 Å². The van der Waals surface area contributed by atoms with E-state index in [0.717, 1.165) is 22.3 Å². The molecule has 1 atom stereocenters. The summed E-state index contributed by atoms with van der Waals surface area (Å²) < 4.78 is 96.2. The lowest BCUT2D eigenvalue weighted by atomic mass is 10.1. The molecule has 1 heterocycles. The third-order valence-electron chi connectivity index (χ3n) is 4.25. The third-order valence-corrected chi connectivity index (χ3v) is 4.25. The van der Waals surface area contributed by atoms with Gasteiger partial charge < -0.3 is 26.0 Å². The standard InChI is InChI=1S/C17H15F7N4O5/c18-14(19)16(20,21)15(32)27-11(12(25)30)13(31)26-7-1-2-9(8(5-7)17(22,23)24)28-3-4-33-6-10(28)29/h1-2,5,11,14H,3-4,6H2,(H2,25,30)(H,26,31)(H,27,32)/t11-/m1/s1. The van der Waals surface area contributed by atoms with Gasteiger partial charge in [0, 0.05) is 12.2 Å². The number of hydrogen-bond donors (Lipinski definition) is 3. The van der Waals surface area contributed by atoms with Gasteiger partial charge in [-0.25, -0.2) is 8.78 Å². The SMILES string of the molecule is NC(=O)[C@@H](NC(=O)C(F)(F)C(F)F)C(=O)Nc1ccc(N2CCOCC2=O)c(C(F)(F)F)c1. The van der Waals surface area contributed by atoms with Crippen molar-refractivity contribution in [1.29, 1.82) is 0 Å². The molecule has 1 fully saturated rings. The Kier molecular flexibility index (Phi) is 7.51. The van der Waals surface area contributed by atoms with Crippen LogP contribution in [0.4, 0.5) is 42.1 Å². The van der Waals surface area contributed by atoms with E-state index in [1.54, 1.807) is 5.32 Å². The lowest BCUT2D eigenvalue weighted by Crippen LogP contribution is -2.57. The van der Waals surface area contributed by atoms with Crippen molar-refractivity contribution < 1.29 is 54.6 Å². The molecule has 0 saturated carbocycles. The van der Waals surface area contributed by atoms with E-state index in [0.29, 0.717) is 6.07 Å². The molecule has 1 saturated heterocycles. The van der Waals surface area contributed by atoms with Crippen LogP contribution in [0.5, 0.6) is 0 Å². The highest BCUT2D eigenvalue weighted by atomic mass is 19.4. The zero-order valence-corrected chi connectivity index (χ0v) is 16.2. The van der Waals surface area contributed by atoms with Crippen LogP contribution in [-0.4, -0.2) is 61.8 Å². The summed E-state index contributed by atoms with van der Waals surface area (Å²) in [6.07, 6.45) is -9.50. The van der Waals surface area contributed by atoms with Gasteiger partial charge in [-0.15, -0.1) is 0 Å². The van der Waals surface area contributed by atoms with Crippen molar-refractivity contribution >= 4 is 35.0 Å². The highest BCUT2D eigenvalue weighted by molar-refractivity contribution is 6.12. The Morgan fingerprint density at radius 3 is 2.27 bits per heavy atom. The maximum Gasteiger partial charge on any atom is 0.418 e. The van der Waals surface area contributed by atoms with Gasteiger partial charge in [-0.3, -0.25) is 19.2 Å². The van der Waals surface area contributed by atoms with E-state index in [1.807, 2.05) is 0 Å². The summed E-state index contributed by atoms with van der Waals surface area (Å²) in [6, 6.07) is -0.524. The minimum Gasteiger partial charge on any atom is -0.370 e. The zero-order chi connectivity index (χ0) is 25.1. The summed E-state index contributed by atoms with van der Waals surface area (Å²) in [5.41, 5.74) is 2.24. The topological polar surface area (TPSA) is 131 Å². The van der Waals surface area contributed by atoms with Gasteiger partial charge in [0.2, 0.25) is 5.91 Å². The van der Waals surface area contributed by atoms with Crippen LogP contribution in [0, 0.1) is 0 Å². The number of anilines is 2. The van der Waals surface area contributed by atoms with E-state index in [2.05, 4.69) is 0 Å². The maximum atomic E-state index is 13.5. The van der Waals surface area contributed by atoms with Crippen LogP contribution in [-0.2, 0) is 30.1 Å². The molecule has 182 valence electrons. The fourth-order valence-electron chi connectivity index (χ4n) is 2.66. The van der Waals surface area contributed by atoms with E-state index >= 15 is 0 Å². The number of ether oxygens (including phenoxy) is 1. The van der Waals surface area contributed by atoms with Crippen molar-refractivity contribution in [2.75, 3.05) is 30.0 Å². The van der Waals surface area contributed by atoms with Crippen LogP contribution < -0.4 is 21.3 Å². The van der Waals surface area contributed by atoms with E-state index < -0.39 is 71.7 Å². The van der Waals surface area contributed by atoms with E-state index in [4.69, 9.17) is 10.5 Å². The number of rotatable bonds is 7. The Labute approximate surface area is 180 Å². The summed E-state index contributed by atoms with van der Waals surface area (Å²) in [4.78, 5) is 47.5. The van der Waals surface area contributed by atoms with Crippen molar-refractivity contribution in [1.82, 2.24) is 5.32 Å². The molecule has 1 aliphatic rings. The van der Waals surface area contributed by atoms with E-state index in [1.165, 1.54) is 0 Å². The Morgan fingerprint density at radius 2 is 1.76 bits per heavy atom. The lowest BCUT2D eigenvalue weighted by Gasteiger charge is -2.29. The number of halogens is 7. The number of alkyl halides is 7. The van der Waals surface area contributed by atoms with Crippen molar-refractivity contribution in [2.24, 2.45) is 5.73 Å². The van der Waals surface area contributed by atoms with Gasteiger partial charge in [-0.05, 0) is 18.2 Å². The second-order valence-electron chi connectivity index (χ2n) is 6.55. The Bertz CT molecular complexity index is 954. The molecule has 4 amide bonds. The molecule has 33 heavy (non-hydrogen) atoms. The highest BCUT2D eigenvalue weighted by Crippen LogP contribution is 2.38. The number of hydrogen-bond acceptors (Lipinski definition) is 5. The van der Waals surface area contributed by atoms with Gasteiger partial charge >= 0.3 is 18.5 Å². The summed E-state index contributed by atoms with van der Waals surface area (Å²) >= 11 is 0. The fourth-order valence-corrected chi connectivity index (χ4v) is 2.66. The molecule has 4 N–H and O–H groups in total. The number of primary amides is 1. The Morgan fingerprint density at radius 1 is 1.12 bits per heavy atom. The molecule has 0 radical (unpaired) electrons. The van der Waals surface area contributed by atoms with Gasteiger partial charge in [0.05, 0.1) is 17.9 Å². The number of amides is 4. The van der Waals surface area contributed by atoms with Crippen molar-refractivity contribution in [3.05, 3.63) is 23.8 Å². The molecule has 0 unspecified atom stereocenters. The predicted molar refractivity (Wildman–Crippen MR) is 95.3 cm³/mol. The van der Waals surface area contributed by atoms with Crippen LogP contribution in [0.3, 0.4) is 0 Å². The number of nitrogens with one attached hydrogen (secondary N) is 2. The molecule has 0 aromatic heterocycles. The molecule has 0 aliphatic carbocycles. The van der Waals surface area contributed by atoms with Gasteiger partial charge in [0.25, 0.3) is 17.7 Å². The van der Waals surface area contributed by atoms with Crippen molar-refractivity contribution in [3.8, 4) is 0 Å². The smallest absolute Gasteiger partial charge is 0.370 e. The summed E-state index contributed by atoms with van der Waals surface area (Å²) in [5.74, 6) is -12.2. The van der Waals surface area contributed by atoms with Crippen LogP contribution in [0.1, 0.15) is 5.56 Å². The monoisotopic (exact) mass is 488 g/mol. The molecular formula is C17H15F7N4O5. The number of nitrogens with zero attached hydrogens (tertiary/aromatic N) is 1. The first-order chi connectivity index (χ1) is 15.2. The van der Waals surface area contributed by atoms with Gasteiger partial charge in [-0.2, -0.15) is 22.0 Å². The quantitative estimate of drug-likeness (QED) is 0.388. The van der Waals surface area contributed by atoms with E-state index in [9.17, 15) is 49.9 Å². The summed E-state index contributed by atoms with van der Waals surface area (Å²) in [7, 11) is 0. The highest BCUT2D eigenvalue weighted by Gasteiger charge is 2.50. The van der Waals surface area contributed by atoms with Crippen LogP contribution in [0.25, 0.3) is 0 Å². The first-order valence-corrected chi connectivity index (χ1v) is 8.82. The number of benzene rings is 1. The third kappa shape index (κ3) is 5.88. The van der Waals surface area contributed by atoms with Gasteiger partial charge in [0.1, 0.15) is 6.61 Å². The molecule has 16 heteroatoms. The Balaban J connectivity index is 2.31. The second kappa shape index (κ2) is 9.60. The minimum atomic E-state index is -5.27. The first kappa shape index (κ1) is 25.8. The largest absolute Gasteiger partial charge is 0.418 e. The number of morpholine rings is 1. The normalized spacial score (nSPS) is 15.9. The van der Waals surface area contributed by atoms with Crippen molar-refractivity contribution in [3.63, 3.8) is 0 Å². The molecule has 1 aliphatic heterocycles. The Hall–Kier alpha value is -3.43. The number of nitrogens with two attached hydrogens (primary N) is 1. The summed E-state index contributed by atoms with van der Waals surface area (Å²) in [5, 5.41) is 2.78. The minimum absolute atomic E-state index is 0.0369. The molecule has 0 spiro atoms. The predicted octanol–water partition coefficient (Wildman–Crippen LogP) is 0.878. The van der Waals surface area contributed by atoms with E-state index in [-0.39, 0.29) is 13.2 Å². The van der Waals surface area contributed by atoms with Crippen LogP contribution in [0.2, 0.25) is 0 Å². The average molecular weight is 488 g/mol. The maximum absolute atomic E-state index is 13.5. The zero-order valence-electron chi connectivity index (χ0n) is 16.2. The van der Waals surface area contributed by atoms with Gasteiger partial charge in [-0.1, -0.05) is 0 Å². The fraction of sp³-hybridized carbons (Fsp3) is 0.412. The summed E-state index contributed by atoms with van der Waals surface area (Å²) in [6.45, 7) is -0.689. The van der Waals surface area contributed by atoms with Crippen LogP contribution >= 0.6 is 0 Å². The van der Waals surface area contributed by atoms with Crippen LogP contribution in [0.15, 0.2) is 18.2 Å². The first-order valence-electron chi connectivity index (χ1n) is 8.82. The molecule has 1 aromatic carbocycles. The van der Waals surface area contributed by atoms with Gasteiger partial charge in [0.15, 0.2) is 6.04 Å². The number of carbonyl (C=O) groups is 4. The molecule has 0 bridgehead atoms. The molecule has 1 aromatic rings. The molecule has 2 rings (SSSR count). The molecule has 9 nitrogen and oxygen atoms in total. The lowest BCUT2D eigenvalue weighted by molar-refractivity contribution is -0.171. The number of carbonyl (C=O) groups excluding carboxylic acids is 4. The molecular weight excluding hydrogens is 473 g/mol. The second-order valence-corrected chi connectivity index (χ2v) is 6.55.